The van der Waals surface area contributed by atoms with Crippen LogP contribution in [0.25, 0.3) is 0 Å². The van der Waals surface area contributed by atoms with Gasteiger partial charge in [-0.25, -0.2) is 4.79 Å². The number of nitrogens with one attached hydrogen (secondary N) is 2. The topological polar surface area (TPSA) is 67.4 Å². The number of hydrogen-bond donors (Lipinski definition) is 2. The van der Waals surface area contributed by atoms with E-state index in [0.29, 0.717) is 25.3 Å². The van der Waals surface area contributed by atoms with Gasteiger partial charge in [0.25, 0.3) is 0 Å². The second-order valence-corrected chi connectivity index (χ2v) is 3.20. The zero-order valence-electron chi connectivity index (χ0n) is 10.1. The Bertz CT molecular complexity index is 262. The van der Waals surface area contributed by atoms with Crippen molar-refractivity contribution >= 4 is 12.0 Å². The van der Waals surface area contributed by atoms with Crippen molar-refractivity contribution in [2.24, 2.45) is 0 Å². The molecule has 0 atom stereocenters. The van der Waals surface area contributed by atoms with E-state index < -0.39 is 6.09 Å². The number of alkyl carbamates (subject to hydrolysis) is 1. The standard InChI is InChI=1S/C11H20N2O3/c1-4-6-9(3)10(14)12-7-8-13-11(15)16-5-2/h6H,4-5,7-8H2,1-3H3,(H,12,14)(H,13,15)/b9-6+. The van der Waals surface area contributed by atoms with Gasteiger partial charge in [0, 0.05) is 18.7 Å². The second-order valence-electron chi connectivity index (χ2n) is 3.20. The molecule has 0 rings (SSSR count). The average molecular weight is 228 g/mol. The Hall–Kier alpha value is -1.52. The highest BCUT2D eigenvalue weighted by Crippen LogP contribution is 1.93. The maximum absolute atomic E-state index is 11.4. The van der Waals surface area contributed by atoms with Gasteiger partial charge in [0.1, 0.15) is 0 Å². The SMILES string of the molecule is CC/C=C(\C)C(=O)NCCNC(=O)OCC. The minimum Gasteiger partial charge on any atom is -0.450 e. The second kappa shape index (κ2) is 8.76. The van der Waals surface area contributed by atoms with Crippen LogP contribution in [0.3, 0.4) is 0 Å². The summed E-state index contributed by atoms with van der Waals surface area (Å²) in [5.74, 6) is -0.104. The molecular weight excluding hydrogens is 208 g/mol. The molecule has 2 amide bonds. The summed E-state index contributed by atoms with van der Waals surface area (Å²) in [6.07, 6.45) is 2.23. The Kier molecular flexibility index (Phi) is 7.93. The molecule has 2 N–H and O–H groups in total. The third-order valence-electron chi connectivity index (χ3n) is 1.82. The van der Waals surface area contributed by atoms with Crippen LogP contribution in [-0.2, 0) is 9.53 Å². The highest BCUT2D eigenvalue weighted by atomic mass is 16.5. The van der Waals surface area contributed by atoms with Crippen LogP contribution < -0.4 is 10.6 Å². The van der Waals surface area contributed by atoms with Crippen LogP contribution in [0.5, 0.6) is 0 Å². The number of rotatable bonds is 6. The van der Waals surface area contributed by atoms with Gasteiger partial charge in [-0.3, -0.25) is 4.79 Å². The van der Waals surface area contributed by atoms with E-state index in [1.807, 2.05) is 13.0 Å². The largest absolute Gasteiger partial charge is 0.450 e. The predicted molar refractivity (Wildman–Crippen MR) is 62.1 cm³/mol. The molecule has 5 heteroatoms. The summed E-state index contributed by atoms with van der Waals surface area (Å²) in [5, 5.41) is 5.20. The lowest BCUT2D eigenvalue weighted by Crippen LogP contribution is -2.35. The predicted octanol–water partition coefficient (Wildman–Crippen LogP) is 1.21. The number of carbonyl (C=O) groups excluding carboxylic acids is 2. The molecule has 0 aromatic rings. The van der Waals surface area contributed by atoms with E-state index in [0.717, 1.165) is 6.42 Å². The molecule has 0 aromatic carbocycles. The van der Waals surface area contributed by atoms with Crippen molar-refractivity contribution in [3.05, 3.63) is 11.6 Å². The molecule has 0 aromatic heterocycles. The van der Waals surface area contributed by atoms with Gasteiger partial charge in [0.15, 0.2) is 0 Å². The molecule has 0 fully saturated rings. The van der Waals surface area contributed by atoms with Crippen molar-refractivity contribution in [2.45, 2.75) is 27.2 Å². The number of ether oxygens (including phenoxy) is 1. The molecule has 0 unspecified atom stereocenters. The first-order valence-corrected chi connectivity index (χ1v) is 5.47. The molecule has 0 aliphatic carbocycles. The maximum Gasteiger partial charge on any atom is 0.407 e. The van der Waals surface area contributed by atoms with Gasteiger partial charge in [-0.15, -0.1) is 0 Å². The Morgan fingerprint density at radius 2 is 1.81 bits per heavy atom. The van der Waals surface area contributed by atoms with Crippen LogP contribution in [0.1, 0.15) is 27.2 Å². The fraction of sp³-hybridized carbons (Fsp3) is 0.636. The molecule has 0 aliphatic heterocycles. The Morgan fingerprint density at radius 3 is 2.38 bits per heavy atom. The van der Waals surface area contributed by atoms with Crippen LogP contribution in [0, 0.1) is 0 Å². The zero-order chi connectivity index (χ0) is 12.4. The average Bonchev–Trinajstić information content (AvgIpc) is 2.24. The number of allylic oxidation sites excluding steroid dienone is 1. The highest BCUT2D eigenvalue weighted by Gasteiger charge is 2.03. The fourth-order valence-corrected chi connectivity index (χ4v) is 1.06. The molecule has 16 heavy (non-hydrogen) atoms. The fourth-order valence-electron chi connectivity index (χ4n) is 1.06. The Morgan fingerprint density at radius 1 is 1.19 bits per heavy atom. The summed E-state index contributed by atoms with van der Waals surface area (Å²) in [7, 11) is 0. The maximum atomic E-state index is 11.4. The molecule has 0 saturated heterocycles. The van der Waals surface area contributed by atoms with Gasteiger partial charge < -0.3 is 15.4 Å². The van der Waals surface area contributed by atoms with Crippen LogP contribution in [0.15, 0.2) is 11.6 Å². The number of carbonyl (C=O) groups is 2. The van der Waals surface area contributed by atoms with Crippen molar-refractivity contribution in [3.63, 3.8) is 0 Å². The lowest BCUT2D eigenvalue weighted by Gasteiger charge is -2.07. The van der Waals surface area contributed by atoms with Gasteiger partial charge in [-0.1, -0.05) is 13.0 Å². The Balaban J connectivity index is 3.63. The molecule has 0 aliphatic rings. The quantitative estimate of drug-likeness (QED) is 0.530. The Labute approximate surface area is 96.2 Å². The summed E-state index contributed by atoms with van der Waals surface area (Å²) in [4.78, 5) is 22.2. The molecule has 92 valence electrons. The van der Waals surface area contributed by atoms with E-state index in [1.54, 1.807) is 13.8 Å². The molecule has 0 spiro atoms. The molecule has 0 bridgehead atoms. The van der Waals surface area contributed by atoms with Gasteiger partial charge in [-0.05, 0) is 20.3 Å². The van der Waals surface area contributed by atoms with E-state index in [-0.39, 0.29) is 5.91 Å². The smallest absolute Gasteiger partial charge is 0.407 e. The van der Waals surface area contributed by atoms with E-state index in [4.69, 9.17) is 0 Å². The first-order valence-electron chi connectivity index (χ1n) is 5.47. The van der Waals surface area contributed by atoms with Gasteiger partial charge in [-0.2, -0.15) is 0 Å². The molecule has 0 saturated carbocycles. The number of hydrogen-bond acceptors (Lipinski definition) is 3. The van der Waals surface area contributed by atoms with Crippen molar-refractivity contribution in [1.29, 1.82) is 0 Å². The van der Waals surface area contributed by atoms with Gasteiger partial charge in [0.05, 0.1) is 6.61 Å². The summed E-state index contributed by atoms with van der Waals surface area (Å²) in [6.45, 7) is 6.57. The van der Waals surface area contributed by atoms with Crippen LogP contribution >= 0.6 is 0 Å². The summed E-state index contributed by atoms with van der Waals surface area (Å²) in [5.41, 5.74) is 0.693. The molecule has 0 heterocycles. The monoisotopic (exact) mass is 228 g/mol. The zero-order valence-corrected chi connectivity index (χ0v) is 10.1. The lowest BCUT2D eigenvalue weighted by molar-refractivity contribution is -0.117. The summed E-state index contributed by atoms with van der Waals surface area (Å²) in [6, 6.07) is 0. The van der Waals surface area contributed by atoms with E-state index in [1.165, 1.54) is 0 Å². The first kappa shape index (κ1) is 14.5. The van der Waals surface area contributed by atoms with Gasteiger partial charge in [0.2, 0.25) is 5.91 Å². The van der Waals surface area contributed by atoms with E-state index in [2.05, 4.69) is 15.4 Å². The van der Waals surface area contributed by atoms with Crippen molar-refractivity contribution < 1.29 is 14.3 Å². The molecular formula is C11H20N2O3. The van der Waals surface area contributed by atoms with E-state index in [9.17, 15) is 9.59 Å². The summed E-state index contributed by atoms with van der Waals surface area (Å²) >= 11 is 0. The molecule has 5 nitrogen and oxygen atoms in total. The third-order valence-corrected chi connectivity index (χ3v) is 1.82. The van der Waals surface area contributed by atoms with Crippen LogP contribution in [-0.4, -0.2) is 31.7 Å². The molecule has 0 radical (unpaired) electrons. The number of amides is 2. The lowest BCUT2D eigenvalue weighted by atomic mass is 10.2. The van der Waals surface area contributed by atoms with Crippen LogP contribution in [0.2, 0.25) is 0 Å². The van der Waals surface area contributed by atoms with Gasteiger partial charge >= 0.3 is 6.09 Å². The van der Waals surface area contributed by atoms with Crippen LogP contribution in [0.4, 0.5) is 4.79 Å². The normalized spacial score (nSPS) is 10.8. The summed E-state index contributed by atoms with van der Waals surface area (Å²) < 4.78 is 4.66. The van der Waals surface area contributed by atoms with E-state index >= 15 is 0 Å². The third kappa shape index (κ3) is 6.86. The first-order chi connectivity index (χ1) is 7.61. The van der Waals surface area contributed by atoms with Crippen molar-refractivity contribution in [3.8, 4) is 0 Å². The minimum absolute atomic E-state index is 0.104. The van der Waals surface area contributed by atoms with Crippen molar-refractivity contribution in [1.82, 2.24) is 10.6 Å². The van der Waals surface area contributed by atoms with Crippen molar-refractivity contribution in [2.75, 3.05) is 19.7 Å². The highest BCUT2D eigenvalue weighted by molar-refractivity contribution is 5.92. The minimum atomic E-state index is -0.461.